The Hall–Kier alpha value is -1.60. The third kappa shape index (κ3) is 5.45. The van der Waals surface area contributed by atoms with Gasteiger partial charge < -0.3 is 5.32 Å². The molecule has 0 spiro atoms. The van der Waals surface area contributed by atoms with Gasteiger partial charge in [-0.05, 0) is 54.8 Å². The zero-order valence-electron chi connectivity index (χ0n) is 14.6. The van der Waals surface area contributed by atoms with Crippen LogP contribution in [-0.2, 0) is 20.6 Å². The molecule has 0 unspecified atom stereocenters. The van der Waals surface area contributed by atoms with E-state index in [-0.39, 0.29) is 24.1 Å². The number of amides is 1. The van der Waals surface area contributed by atoms with Gasteiger partial charge in [0, 0.05) is 28.8 Å². The van der Waals surface area contributed by atoms with E-state index in [9.17, 15) is 13.2 Å². The predicted molar refractivity (Wildman–Crippen MR) is 108 cm³/mol. The van der Waals surface area contributed by atoms with Crippen molar-refractivity contribution in [1.82, 2.24) is 4.31 Å². The summed E-state index contributed by atoms with van der Waals surface area (Å²) < 4.78 is 26.9. The average Bonchev–Trinajstić information content (AvgIpc) is 2.63. The van der Waals surface area contributed by atoms with Gasteiger partial charge in [-0.15, -0.1) is 0 Å². The number of nitrogens with zero attached hydrogens (tertiary/aromatic N) is 1. The zero-order valence-corrected chi connectivity index (χ0v) is 16.9. The number of sulfonamides is 1. The number of piperidine rings is 1. The monoisotopic (exact) mass is 426 g/mol. The number of carbonyl (C=O) groups is 1. The smallest absolute Gasteiger partial charge is 0.228 e. The molecule has 1 saturated heterocycles. The molecule has 144 valence electrons. The molecule has 0 aromatic heterocycles. The van der Waals surface area contributed by atoms with E-state index in [0.29, 0.717) is 40.7 Å². The Labute approximate surface area is 169 Å². The van der Waals surface area contributed by atoms with Gasteiger partial charge in [0.1, 0.15) is 0 Å². The lowest BCUT2D eigenvalue weighted by Gasteiger charge is -2.31. The third-order valence-corrected chi connectivity index (χ3v) is 6.80. The summed E-state index contributed by atoms with van der Waals surface area (Å²) in [5.74, 6) is -0.692. The Morgan fingerprint density at radius 1 is 1.11 bits per heavy atom. The average molecular weight is 427 g/mol. The van der Waals surface area contributed by atoms with Gasteiger partial charge in [0.2, 0.25) is 15.9 Å². The molecule has 0 saturated carbocycles. The van der Waals surface area contributed by atoms with Crippen LogP contribution in [0.4, 0.5) is 5.69 Å². The normalized spacial score (nSPS) is 18.2. The molecule has 8 heteroatoms. The molecule has 1 atom stereocenters. The molecule has 3 rings (SSSR count). The Morgan fingerprint density at radius 2 is 1.85 bits per heavy atom. The second-order valence-corrected chi connectivity index (χ2v) is 9.42. The van der Waals surface area contributed by atoms with Gasteiger partial charge in [-0.25, -0.2) is 12.7 Å². The van der Waals surface area contributed by atoms with Crippen LogP contribution >= 0.6 is 23.2 Å². The van der Waals surface area contributed by atoms with E-state index in [1.54, 1.807) is 48.5 Å². The molecule has 5 nitrogen and oxygen atoms in total. The fourth-order valence-corrected chi connectivity index (χ4v) is 5.05. The van der Waals surface area contributed by atoms with Gasteiger partial charge in [-0.2, -0.15) is 0 Å². The fourth-order valence-electron chi connectivity index (χ4n) is 3.12. The van der Waals surface area contributed by atoms with Crippen LogP contribution in [0.1, 0.15) is 18.4 Å². The second-order valence-electron chi connectivity index (χ2n) is 6.58. The van der Waals surface area contributed by atoms with Crippen molar-refractivity contribution < 1.29 is 13.2 Å². The number of benzene rings is 2. The quantitative estimate of drug-likeness (QED) is 0.779. The number of carbonyl (C=O) groups excluding carboxylic acids is 1. The minimum Gasteiger partial charge on any atom is -0.326 e. The molecule has 1 N–H and O–H groups in total. The maximum atomic E-state index is 12.8. The number of hydrogen-bond acceptors (Lipinski definition) is 3. The zero-order chi connectivity index (χ0) is 19.4. The number of hydrogen-bond donors (Lipinski definition) is 1. The lowest BCUT2D eigenvalue weighted by atomic mass is 9.99. The molecule has 1 aliphatic heterocycles. The minimum atomic E-state index is -3.52. The number of rotatable bonds is 5. The van der Waals surface area contributed by atoms with Crippen molar-refractivity contribution in [2.24, 2.45) is 5.92 Å². The van der Waals surface area contributed by atoms with Crippen LogP contribution in [-0.4, -0.2) is 31.7 Å². The van der Waals surface area contributed by atoms with E-state index in [1.807, 2.05) is 0 Å². The van der Waals surface area contributed by atoms with Crippen LogP contribution in [0.5, 0.6) is 0 Å². The lowest BCUT2D eigenvalue weighted by molar-refractivity contribution is -0.120. The Balaban J connectivity index is 1.65. The highest BCUT2D eigenvalue weighted by atomic mass is 35.5. The van der Waals surface area contributed by atoms with E-state index in [2.05, 4.69) is 5.32 Å². The van der Waals surface area contributed by atoms with Crippen LogP contribution in [0.15, 0.2) is 48.5 Å². The SMILES string of the molecule is O=C(Nc1ccc(Cl)cc1)[C@@H]1CCCN(S(=O)(=O)Cc2cccc(Cl)c2)C1. The fraction of sp³-hybridized carbons (Fsp3) is 0.316. The predicted octanol–water partition coefficient (Wildman–Crippen LogP) is 4.17. The lowest BCUT2D eigenvalue weighted by Crippen LogP contribution is -2.44. The van der Waals surface area contributed by atoms with Gasteiger partial charge in [0.25, 0.3) is 0 Å². The molecule has 0 aliphatic carbocycles. The van der Waals surface area contributed by atoms with Gasteiger partial charge >= 0.3 is 0 Å². The summed E-state index contributed by atoms with van der Waals surface area (Å²) in [6.45, 7) is 0.607. The topological polar surface area (TPSA) is 66.5 Å². The van der Waals surface area contributed by atoms with Crippen LogP contribution in [0.25, 0.3) is 0 Å². The number of anilines is 1. The van der Waals surface area contributed by atoms with E-state index in [1.165, 1.54) is 4.31 Å². The summed E-state index contributed by atoms with van der Waals surface area (Å²) in [7, 11) is -3.52. The minimum absolute atomic E-state index is 0.126. The third-order valence-electron chi connectivity index (χ3n) is 4.50. The highest BCUT2D eigenvalue weighted by Gasteiger charge is 2.32. The van der Waals surface area contributed by atoms with Crippen molar-refractivity contribution in [3.05, 3.63) is 64.1 Å². The van der Waals surface area contributed by atoms with E-state index < -0.39 is 10.0 Å². The van der Waals surface area contributed by atoms with Gasteiger partial charge in [-0.1, -0.05) is 35.3 Å². The highest BCUT2D eigenvalue weighted by molar-refractivity contribution is 7.88. The Kier molecular flexibility index (Phi) is 6.42. The van der Waals surface area contributed by atoms with E-state index >= 15 is 0 Å². The molecule has 1 fully saturated rings. The molecule has 0 radical (unpaired) electrons. The molecule has 27 heavy (non-hydrogen) atoms. The first-order valence-electron chi connectivity index (χ1n) is 8.62. The van der Waals surface area contributed by atoms with Crippen molar-refractivity contribution in [1.29, 1.82) is 0 Å². The van der Waals surface area contributed by atoms with Crippen molar-refractivity contribution in [3.63, 3.8) is 0 Å². The first-order chi connectivity index (χ1) is 12.8. The van der Waals surface area contributed by atoms with Crippen LogP contribution in [0.2, 0.25) is 10.0 Å². The van der Waals surface area contributed by atoms with Gasteiger partial charge in [0.05, 0.1) is 11.7 Å². The van der Waals surface area contributed by atoms with Crippen molar-refractivity contribution in [2.45, 2.75) is 18.6 Å². The maximum absolute atomic E-state index is 12.8. The van der Waals surface area contributed by atoms with E-state index in [0.717, 1.165) is 0 Å². The molecule has 0 bridgehead atoms. The molecule has 2 aromatic carbocycles. The van der Waals surface area contributed by atoms with Crippen LogP contribution in [0, 0.1) is 5.92 Å². The summed E-state index contributed by atoms with van der Waals surface area (Å²) in [6, 6.07) is 13.6. The maximum Gasteiger partial charge on any atom is 0.228 e. The second kappa shape index (κ2) is 8.61. The van der Waals surface area contributed by atoms with Crippen LogP contribution in [0.3, 0.4) is 0 Å². The molecular formula is C19H20Cl2N2O3S. The molecular weight excluding hydrogens is 407 g/mol. The van der Waals surface area contributed by atoms with Crippen LogP contribution < -0.4 is 5.32 Å². The largest absolute Gasteiger partial charge is 0.326 e. The van der Waals surface area contributed by atoms with Crippen molar-refractivity contribution in [3.8, 4) is 0 Å². The number of nitrogens with one attached hydrogen (secondary N) is 1. The Morgan fingerprint density at radius 3 is 2.56 bits per heavy atom. The summed E-state index contributed by atoms with van der Waals surface area (Å²) in [5.41, 5.74) is 1.28. The summed E-state index contributed by atoms with van der Waals surface area (Å²) in [5, 5.41) is 3.92. The summed E-state index contributed by atoms with van der Waals surface area (Å²) in [6.07, 6.45) is 1.30. The summed E-state index contributed by atoms with van der Waals surface area (Å²) >= 11 is 11.8. The summed E-state index contributed by atoms with van der Waals surface area (Å²) in [4.78, 5) is 12.5. The van der Waals surface area contributed by atoms with Crippen molar-refractivity contribution >= 4 is 44.8 Å². The molecule has 1 aliphatic rings. The van der Waals surface area contributed by atoms with Gasteiger partial charge in [-0.3, -0.25) is 4.79 Å². The first kappa shape index (κ1) is 20.1. The molecule has 1 amide bonds. The van der Waals surface area contributed by atoms with E-state index in [4.69, 9.17) is 23.2 Å². The molecule has 1 heterocycles. The standard InChI is InChI=1S/C19H20Cl2N2O3S/c20-16-6-8-18(9-7-16)22-19(24)15-4-2-10-23(12-15)27(25,26)13-14-3-1-5-17(21)11-14/h1,3,5-9,11,15H,2,4,10,12-13H2,(H,22,24)/t15-/m1/s1. The van der Waals surface area contributed by atoms with Crippen molar-refractivity contribution in [2.75, 3.05) is 18.4 Å². The Bertz CT molecular complexity index is 917. The number of halogens is 2. The highest BCUT2D eigenvalue weighted by Crippen LogP contribution is 2.24. The molecule has 2 aromatic rings. The van der Waals surface area contributed by atoms with Gasteiger partial charge in [0.15, 0.2) is 0 Å². The first-order valence-corrected chi connectivity index (χ1v) is 11.0.